The van der Waals surface area contributed by atoms with Gasteiger partial charge in [0.05, 0.1) is 31.4 Å². The summed E-state index contributed by atoms with van der Waals surface area (Å²) in [4.78, 5) is 41.6. The average Bonchev–Trinajstić information content (AvgIpc) is 3.17. The van der Waals surface area contributed by atoms with E-state index in [4.69, 9.17) is 21.7 Å². The van der Waals surface area contributed by atoms with Crippen molar-refractivity contribution in [1.82, 2.24) is 4.90 Å². The SMILES string of the molecule is CCOC(=O)c1ccc(NC(=O)CC2C(=O)N(c3ccc(OC)cc3)C(=S)N2CCc2ccc(F)cc2)cc1. The number of ether oxygens (including phenoxy) is 2. The van der Waals surface area contributed by atoms with Crippen LogP contribution in [0.25, 0.3) is 0 Å². The highest BCUT2D eigenvalue weighted by atomic mass is 32.1. The van der Waals surface area contributed by atoms with Gasteiger partial charge in [0.2, 0.25) is 5.91 Å². The number of amides is 2. The Hall–Kier alpha value is -4.31. The number of anilines is 2. The Balaban J connectivity index is 1.51. The van der Waals surface area contributed by atoms with E-state index in [9.17, 15) is 18.8 Å². The molecule has 1 aliphatic rings. The minimum atomic E-state index is -0.834. The van der Waals surface area contributed by atoms with E-state index >= 15 is 0 Å². The molecular formula is C29H28FN3O5S. The van der Waals surface area contributed by atoms with Crippen LogP contribution >= 0.6 is 12.2 Å². The number of thiocarbonyl (C=S) groups is 1. The van der Waals surface area contributed by atoms with Crippen molar-refractivity contribution in [1.29, 1.82) is 0 Å². The molecular weight excluding hydrogens is 521 g/mol. The summed E-state index contributed by atoms with van der Waals surface area (Å²) in [6.45, 7) is 2.34. The molecule has 0 aromatic heterocycles. The van der Waals surface area contributed by atoms with E-state index in [0.29, 0.717) is 35.7 Å². The Bertz CT molecular complexity index is 1350. The van der Waals surface area contributed by atoms with Crippen LogP contribution in [0.2, 0.25) is 0 Å². The molecule has 2 amide bonds. The van der Waals surface area contributed by atoms with E-state index < -0.39 is 12.0 Å². The van der Waals surface area contributed by atoms with Gasteiger partial charge >= 0.3 is 5.97 Å². The number of hydrogen-bond donors (Lipinski definition) is 1. The van der Waals surface area contributed by atoms with Crippen molar-refractivity contribution in [3.8, 4) is 5.75 Å². The fourth-order valence-corrected chi connectivity index (χ4v) is 4.66. The van der Waals surface area contributed by atoms with Gasteiger partial charge < -0.3 is 19.7 Å². The van der Waals surface area contributed by atoms with Crippen LogP contribution < -0.4 is 15.0 Å². The maximum absolute atomic E-state index is 13.6. The standard InChI is InChI=1S/C29H28FN3O5S/c1-3-38-28(36)20-6-10-22(11-7-20)31-26(34)18-25-27(35)33(23-12-14-24(37-2)15-13-23)29(39)32(25)17-16-19-4-8-21(30)9-5-19/h4-15,25H,3,16-18H2,1-2H3,(H,31,34). The van der Waals surface area contributed by atoms with Gasteiger partial charge in [-0.05, 0) is 91.8 Å². The first-order chi connectivity index (χ1) is 18.8. The van der Waals surface area contributed by atoms with Crippen LogP contribution in [0, 0.1) is 5.82 Å². The molecule has 202 valence electrons. The zero-order chi connectivity index (χ0) is 27.9. The normalized spacial score (nSPS) is 14.9. The molecule has 3 aromatic rings. The number of nitrogens with one attached hydrogen (secondary N) is 1. The smallest absolute Gasteiger partial charge is 0.338 e. The van der Waals surface area contributed by atoms with E-state index in [0.717, 1.165) is 5.56 Å². The lowest BCUT2D eigenvalue weighted by Gasteiger charge is -2.24. The van der Waals surface area contributed by atoms with Gasteiger partial charge in [-0.15, -0.1) is 0 Å². The molecule has 0 radical (unpaired) electrons. The van der Waals surface area contributed by atoms with Crippen LogP contribution in [0.3, 0.4) is 0 Å². The Labute approximate surface area is 231 Å². The van der Waals surface area contributed by atoms with E-state index in [2.05, 4.69) is 5.32 Å². The molecule has 0 spiro atoms. The molecule has 1 fully saturated rings. The molecule has 0 saturated carbocycles. The third-order valence-corrected chi connectivity index (χ3v) is 6.68. The van der Waals surface area contributed by atoms with E-state index in [1.54, 1.807) is 79.6 Å². The molecule has 3 aromatic carbocycles. The third kappa shape index (κ3) is 6.58. The second kappa shape index (κ2) is 12.5. The van der Waals surface area contributed by atoms with Gasteiger partial charge in [-0.1, -0.05) is 12.1 Å². The van der Waals surface area contributed by atoms with Gasteiger partial charge in [-0.3, -0.25) is 14.5 Å². The summed E-state index contributed by atoms with van der Waals surface area (Å²) in [5.41, 5.74) is 2.29. The molecule has 1 N–H and O–H groups in total. The third-order valence-electron chi connectivity index (χ3n) is 6.26. The van der Waals surface area contributed by atoms with E-state index in [1.165, 1.54) is 17.0 Å². The lowest BCUT2D eigenvalue weighted by Crippen LogP contribution is -2.39. The summed E-state index contributed by atoms with van der Waals surface area (Å²) >= 11 is 5.70. The number of carbonyl (C=O) groups is 3. The average molecular weight is 550 g/mol. The van der Waals surface area contributed by atoms with Crippen molar-refractivity contribution in [2.24, 2.45) is 0 Å². The number of nitrogens with zero attached hydrogens (tertiary/aromatic N) is 2. The van der Waals surface area contributed by atoms with Crippen molar-refractivity contribution in [2.45, 2.75) is 25.8 Å². The summed E-state index contributed by atoms with van der Waals surface area (Å²) in [5.74, 6) is -0.855. The molecule has 1 saturated heterocycles. The quantitative estimate of drug-likeness (QED) is 0.293. The van der Waals surface area contributed by atoms with Gasteiger partial charge in [-0.25, -0.2) is 9.18 Å². The molecule has 0 bridgehead atoms. The van der Waals surface area contributed by atoms with Gasteiger partial charge in [0.15, 0.2) is 5.11 Å². The number of rotatable bonds is 10. The topological polar surface area (TPSA) is 88.2 Å². The maximum Gasteiger partial charge on any atom is 0.338 e. The van der Waals surface area contributed by atoms with E-state index in [1.807, 2.05) is 0 Å². The van der Waals surface area contributed by atoms with Crippen LogP contribution in [0.5, 0.6) is 5.75 Å². The number of esters is 1. The molecule has 0 aliphatic carbocycles. The number of carbonyl (C=O) groups excluding carboxylic acids is 3. The Morgan fingerprint density at radius 2 is 1.67 bits per heavy atom. The van der Waals surface area contributed by atoms with Crippen LogP contribution in [0.4, 0.5) is 15.8 Å². The highest BCUT2D eigenvalue weighted by Crippen LogP contribution is 2.29. The summed E-state index contributed by atoms with van der Waals surface area (Å²) < 4.78 is 23.5. The summed E-state index contributed by atoms with van der Waals surface area (Å²) in [6, 6.07) is 18.5. The minimum Gasteiger partial charge on any atom is -0.497 e. The molecule has 1 heterocycles. The van der Waals surface area contributed by atoms with E-state index in [-0.39, 0.29) is 35.8 Å². The Morgan fingerprint density at radius 3 is 2.28 bits per heavy atom. The second-order valence-corrected chi connectivity index (χ2v) is 9.16. The summed E-state index contributed by atoms with van der Waals surface area (Å²) in [7, 11) is 1.55. The lowest BCUT2D eigenvalue weighted by molar-refractivity contribution is -0.124. The predicted molar refractivity (Wildman–Crippen MR) is 149 cm³/mol. The lowest BCUT2D eigenvalue weighted by atomic mass is 10.1. The molecule has 1 atom stereocenters. The van der Waals surface area contributed by atoms with Crippen molar-refractivity contribution in [3.63, 3.8) is 0 Å². The Kier molecular flexibility index (Phi) is 8.88. The van der Waals surface area contributed by atoms with Crippen molar-refractivity contribution >= 4 is 46.5 Å². The van der Waals surface area contributed by atoms with Crippen molar-refractivity contribution in [2.75, 3.05) is 30.5 Å². The maximum atomic E-state index is 13.6. The molecule has 39 heavy (non-hydrogen) atoms. The molecule has 8 nitrogen and oxygen atoms in total. The van der Waals surface area contributed by atoms with Crippen molar-refractivity contribution in [3.05, 3.63) is 89.7 Å². The first-order valence-corrected chi connectivity index (χ1v) is 12.8. The Morgan fingerprint density at radius 1 is 1.00 bits per heavy atom. The van der Waals surface area contributed by atoms with Gasteiger partial charge in [0, 0.05) is 12.2 Å². The fraction of sp³-hybridized carbons (Fsp3) is 0.241. The molecule has 10 heteroatoms. The monoisotopic (exact) mass is 549 g/mol. The van der Waals surface area contributed by atoms with Crippen LogP contribution in [-0.2, 0) is 20.7 Å². The first-order valence-electron chi connectivity index (χ1n) is 12.4. The first kappa shape index (κ1) is 27.7. The zero-order valence-electron chi connectivity index (χ0n) is 21.6. The van der Waals surface area contributed by atoms with Crippen LogP contribution in [0.1, 0.15) is 29.3 Å². The second-order valence-electron chi connectivity index (χ2n) is 8.79. The van der Waals surface area contributed by atoms with Gasteiger partial charge in [0.1, 0.15) is 17.6 Å². The summed E-state index contributed by atoms with van der Waals surface area (Å²) in [6.07, 6.45) is 0.353. The largest absolute Gasteiger partial charge is 0.497 e. The highest BCUT2D eigenvalue weighted by Gasteiger charge is 2.43. The fourth-order valence-electron chi connectivity index (χ4n) is 4.25. The highest BCUT2D eigenvalue weighted by molar-refractivity contribution is 7.80. The number of benzene rings is 3. The number of hydrogen-bond acceptors (Lipinski definition) is 6. The summed E-state index contributed by atoms with van der Waals surface area (Å²) in [5, 5.41) is 3.06. The van der Waals surface area contributed by atoms with Crippen LogP contribution in [-0.4, -0.2) is 54.1 Å². The van der Waals surface area contributed by atoms with Crippen molar-refractivity contribution < 1.29 is 28.2 Å². The van der Waals surface area contributed by atoms with Gasteiger partial charge in [-0.2, -0.15) is 0 Å². The predicted octanol–water partition coefficient (Wildman–Crippen LogP) is 4.58. The van der Waals surface area contributed by atoms with Crippen LogP contribution in [0.15, 0.2) is 72.8 Å². The zero-order valence-corrected chi connectivity index (χ0v) is 22.4. The number of methoxy groups -OCH3 is 1. The molecule has 1 unspecified atom stereocenters. The number of halogens is 1. The molecule has 1 aliphatic heterocycles. The minimum absolute atomic E-state index is 0.144. The molecule has 4 rings (SSSR count). The van der Waals surface area contributed by atoms with Gasteiger partial charge in [0.25, 0.3) is 5.91 Å².